The van der Waals surface area contributed by atoms with Crippen LogP contribution in [0.1, 0.15) is 45.6 Å². The monoisotopic (exact) mass is 345 g/mol. The molecule has 3 amide bonds. The molecule has 0 bridgehead atoms. The normalized spacial score (nSPS) is 15.8. The average Bonchev–Trinajstić information content (AvgIpc) is 2.55. The first kappa shape index (κ1) is 19.3. The number of benzene rings is 1. The molecule has 1 aromatic carbocycles. The van der Waals surface area contributed by atoms with Gasteiger partial charge in [-0.25, -0.2) is 4.79 Å². The van der Waals surface area contributed by atoms with Crippen molar-refractivity contribution < 1.29 is 9.59 Å². The van der Waals surface area contributed by atoms with E-state index in [1.165, 1.54) is 5.56 Å². The van der Waals surface area contributed by atoms with Gasteiger partial charge in [0.1, 0.15) is 0 Å². The number of hydrogen-bond acceptors (Lipinski definition) is 2. The summed E-state index contributed by atoms with van der Waals surface area (Å²) in [6, 6.07) is 7.99. The van der Waals surface area contributed by atoms with E-state index < -0.39 is 0 Å². The van der Waals surface area contributed by atoms with Gasteiger partial charge >= 0.3 is 6.03 Å². The fourth-order valence-electron chi connectivity index (χ4n) is 3.03. The summed E-state index contributed by atoms with van der Waals surface area (Å²) in [7, 11) is 3.58. The summed E-state index contributed by atoms with van der Waals surface area (Å²) >= 11 is 0. The van der Waals surface area contributed by atoms with Gasteiger partial charge in [-0.3, -0.25) is 4.79 Å². The van der Waals surface area contributed by atoms with Crippen LogP contribution in [0, 0.1) is 5.92 Å². The summed E-state index contributed by atoms with van der Waals surface area (Å²) in [6.07, 6.45) is 2.35. The number of anilines is 1. The molecule has 0 atom stereocenters. The number of rotatable bonds is 3. The second kappa shape index (κ2) is 7.89. The molecule has 1 aromatic rings. The third-order valence-corrected chi connectivity index (χ3v) is 4.87. The van der Waals surface area contributed by atoms with Crippen LogP contribution >= 0.6 is 0 Å². The number of carbonyl (C=O) groups excluding carboxylic acids is 2. The van der Waals surface area contributed by atoms with Crippen molar-refractivity contribution >= 4 is 17.6 Å². The van der Waals surface area contributed by atoms with E-state index >= 15 is 0 Å². The van der Waals surface area contributed by atoms with Gasteiger partial charge in [-0.2, -0.15) is 0 Å². The molecule has 25 heavy (non-hydrogen) atoms. The van der Waals surface area contributed by atoms with Crippen LogP contribution in [-0.2, 0) is 10.2 Å². The Labute approximate surface area is 151 Å². The Morgan fingerprint density at radius 2 is 1.68 bits per heavy atom. The van der Waals surface area contributed by atoms with E-state index in [0.29, 0.717) is 25.4 Å². The van der Waals surface area contributed by atoms with E-state index in [1.54, 1.807) is 19.0 Å². The van der Waals surface area contributed by atoms with Gasteiger partial charge in [0, 0.05) is 39.3 Å². The van der Waals surface area contributed by atoms with E-state index in [2.05, 4.69) is 38.2 Å². The lowest BCUT2D eigenvalue weighted by atomic mass is 9.87. The maximum atomic E-state index is 12.4. The van der Waals surface area contributed by atoms with E-state index in [1.807, 2.05) is 17.0 Å². The second-order valence-corrected chi connectivity index (χ2v) is 8.18. The maximum Gasteiger partial charge on any atom is 0.321 e. The van der Waals surface area contributed by atoms with Crippen LogP contribution in [0.15, 0.2) is 24.3 Å². The van der Waals surface area contributed by atoms with Crippen LogP contribution in [0.5, 0.6) is 0 Å². The van der Waals surface area contributed by atoms with Crippen molar-refractivity contribution in [3.8, 4) is 0 Å². The third-order valence-electron chi connectivity index (χ3n) is 4.87. The zero-order valence-electron chi connectivity index (χ0n) is 16.1. The lowest BCUT2D eigenvalue weighted by Crippen LogP contribution is -2.41. The van der Waals surface area contributed by atoms with Gasteiger partial charge in [0.05, 0.1) is 0 Å². The second-order valence-electron chi connectivity index (χ2n) is 8.18. The molecule has 5 heteroatoms. The molecule has 0 unspecified atom stereocenters. The molecule has 1 aliphatic rings. The number of hydrogen-bond donors (Lipinski definition) is 1. The van der Waals surface area contributed by atoms with Crippen molar-refractivity contribution in [1.82, 2.24) is 9.80 Å². The van der Waals surface area contributed by atoms with Crippen molar-refractivity contribution in [2.75, 3.05) is 32.5 Å². The highest BCUT2D eigenvalue weighted by atomic mass is 16.2. The Morgan fingerprint density at radius 3 is 2.16 bits per heavy atom. The number of likely N-dealkylation sites (tertiary alicyclic amines) is 1. The van der Waals surface area contributed by atoms with Crippen molar-refractivity contribution in [1.29, 1.82) is 0 Å². The SMILES string of the molecule is CN(C)C(=O)CC1CCN(C(=O)Nc2ccc(C(C)(C)C)cc2)CC1. The molecule has 1 saturated heterocycles. The number of amides is 3. The van der Waals surface area contributed by atoms with Gasteiger partial charge in [0.15, 0.2) is 0 Å². The Kier molecular flexibility index (Phi) is 6.09. The Hall–Kier alpha value is -2.04. The van der Waals surface area contributed by atoms with E-state index in [0.717, 1.165) is 18.5 Å². The highest BCUT2D eigenvalue weighted by Gasteiger charge is 2.25. The minimum absolute atomic E-state index is 0.0547. The minimum Gasteiger partial charge on any atom is -0.349 e. The highest BCUT2D eigenvalue weighted by Crippen LogP contribution is 2.24. The highest BCUT2D eigenvalue weighted by molar-refractivity contribution is 5.89. The first-order chi connectivity index (χ1) is 11.7. The largest absolute Gasteiger partial charge is 0.349 e. The number of nitrogens with zero attached hydrogens (tertiary/aromatic N) is 2. The number of nitrogens with one attached hydrogen (secondary N) is 1. The molecule has 0 aromatic heterocycles. The Morgan fingerprint density at radius 1 is 1.12 bits per heavy atom. The minimum atomic E-state index is -0.0547. The van der Waals surface area contributed by atoms with Crippen LogP contribution in [0.2, 0.25) is 0 Å². The van der Waals surface area contributed by atoms with E-state index in [4.69, 9.17) is 0 Å². The predicted octanol–water partition coefficient (Wildman–Crippen LogP) is 3.71. The molecule has 1 aliphatic heterocycles. The maximum absolute atomic E-state index is 12.4. The predicted molar refractivity (Wildman–Crippen MR) is 102 cm³/mol. The molecule has 1 N–H and O–H groups in total. The van der Waals surface area contributed by atoms with E-state index in [-0.39, 0.29) is 17.4 Å². The first-order valence-electron chi connectivity index (χ1n) is 9.03. The fraction of sp³-hybridized carbons (Fsp3) is 0.600. The smallest absolute Gasteiger partial charge is 0.321 e. The number of piperidine rings is 1. The van der Waals surface area contributed by atoms with Crippen molar-refractivity contribution in [2.45, 2.75) is 45.4 Å². The van der Waals surface area contributed by atoms with Gasteiger partial charge in [-0.1, -0.05) is 32.9 Å². The zero-order chi connectivity index (χ0) is 18.6. The molecule has 1 heterocycles. The van der Waals surface area contributed by atoms with Crippen LogP contribution in [0.25, 0.3) is 0 Å². The molecular formula is C20H31N3O2. The molecule has 0 spiro atoms. The Balaban J connectivity index is 1.83. The quantitative estimate of drug-likeness (QED) is 0.908. The Bertz CT molecular complexity index is 594. The van der Waals surface area contributed by atoms with Gasteiger partial charge in [0.2, 0.25) is 5.91 Å². The molecule has 0 aliphatic carbocycles. The van der Waals surface area contributed by atoms with Crippen molar-refractivity contribution in [2.24, 2.45) is 5.92 Å². The molecule has 138 valence electrons. The standard InChI is InChI=1S/C20H31N3O2/c1-20(2,3)16-6-8-17(9-7-16)21-19(25)23-12-10-15(11-13-23)14-18(24)22(4)5/h6-9,15H,10-14H2,1-5H3,(H,21,25). The summed E-state index contributed by atoms with van der Waals surface area (Å²) in [5.41, 5.74) is 2.17. The van der Waals surface area contributed by atoms with Crippen molar-refractivity contribution in [3.05, 3.63) is 29.8 Å². The van der Waals surface area contributed by atoms with Crippen LogP contribution < -0.4 is 5.32 Å². The van der Waals surface area contributed by atoms with Gasteiger partial charge < -0.3 is 15.1 Å². The summed E-state index contributed by atoms with van der Waals surface area (Å²) in [5.74, 6) is 0.548. The van der Waals surface area contributed by atoms with Crippen LogP contribution in [-0.4, -0.2) is 48.9 Å². The average molecular weight is 345 g/mol. The van der Waals surface area contributed by atoms with Crippen molar-refractivity contribution in [3.63, 3.8) is 0 Å². The molecule has 5 nitrogen and oxygen atoms in total. The zero-order valence-corrected chi connectivity index (χ0v) is 16.1. The molecule has 0 saturated carbocycles. The molecule has 0 radical (unpaired) electrons. The topological polar surface area (TPSA) is 52.7 Å². The molecular weight excluding hydrogens is 314 g/mol. The molecule has 2 rings (SSSR count). The summed E-state index contributed by atoms with van der Waals surface area (Å²) in [6.45, 7) is 7.93. The third kappa shape index (κ3) is 5.48. The number of carbonyl (C=O) groups is 2. The van der Waals surface area contributed by atoms with E-state index in [9.17, 15) is 9.59 Å². The fourth-order valence-corrected chi connectivity index (χ4v) is 3.03. The summed E-state index contributed by atoms with van der Waals surface area (Å²) < 4.78 is 0. The first-order valence-corrected chi connectivity index (χ1v) is 9.03. The van der Waals surface area contributed by atoms with Gasteiger partial charge in [0.25, 0.3) is 0 Å². The van der Waals surface area contributed by atoms with Crippen LogP contribution in [0.4, 0.5) is 10.5 Å². The van der Waals surface area contributed by atoms with Gasteiger partial charge in [-0.15, -0.1) is 0 Å². The number of urea groups is 1. The van der Waals surface area contributed by atoms with Crippen LogP contribution in [0.3, 0.4) is 0 Å². The lowest BCUT2D eigenvalue weighted by Gasteiger charge is -2.32. The summed E-state index contributed by atoms with van der Waals surface area (Å²) in [4.78, 5) is 27.7. The lowest BCUT2D eigenvalue weighted by molar-refractivity contribution is -0.129. The summed E-state index contributed by atoms with van der Waals surface area (Å²) in [5, 5.41) is 2.98. The molecule has 1 fully saturated rings. The van der Waals surface area contributed by atoms with Gasteiger partial charge in [-0.05, 0) is 41.9 Å².